The number of hydrogen-bond acceptors (Lipinski definition) is 3. The molecule has 0 saturated heterocycles. The van der Waals surface area contributed by atoms with Gasteiger partial charge in [0.05, 0.1) is 22.6 Å². The zero-order valence-corrected chi connectivity index (χ0v) is 18.1. The van der Waals surface area contributed by atoms with E-state index in [1.165, 1.54) is 12.1 Å². The summed E-state index contributed by atoms with van der Waals surface area (Å²) in [4.78, 5) is 18.3. The molecule has 2 N–H and O–H groups in total. The SMILES string of the molecule is CC1=C(C(=O)Nc2ccc(C)cc2C)C(c2cccc(F)c2)n2c(nc3ccccc32)N1. The molecule has 32 heavy (non-hydrogen) atoms. The first-order chi connectivity index (χ1) is 15.4. The number of rotatable bonds is 3. The van der Waals surface area contributed by atoms with Crippen LogP contribution in [0.15, 0.2) is 78.0 Å². The van der Waals surface area contributed by atoms with Gasteiger partial charge in [0, 0.05) is 11.4 Å². The molecule has 0 saturated carbocycles. The number of nitrogens with one attached hydrogen (secondary N) is 2. The molecule has 1 aliphatic rings. The first kappa shape index (κ1) is 20.0. The minimum atomic E-state index is -0.528. The molecule has 5 nitrogen and oxygen atoms in total. The first-order valence-electron chi connectivity index (χ1n) is 10.5. The fourth-order valence-corrected chi connectivity index (χ4v) is 4.39. The molecule has 0 fully saturated rings. The Bertz CT molecular complexity index is 1400. The number of aryl methyl sites for hydroxylation is 2. The normalized spacial score (nSPS) is 15.4. The maximum atomic E-state index is 14.2. The van der Waals surface area contributed by atoms with Crippen LogP contribution in [0.5, 0.6) is 0 Å². The third kappa shape index (κ3) is 3.34. The molecule has 1 unspecified atom stereocenters. The molecule has 1 aromatic heterocycles. The monoisotopic (exact) mass is 426 g/mol. The summed E-state index contributed by atoms with van der Waals surface area (Å²) in [6, 6.07) is 19.5. The molecule has 160 valence electrons. The van der Waals surface area contributed by atoms with Gasteiger partial charge in [0.25, 0.3) is 5.91 Å². The van der Waals surface area contributed by atoms with E-state index in [4.69, 9.17) is 4.98 Å². The van der Waals surface area contributed by atoms with E-state index in [0.717, 1.165) is 27.8 Å². The number of aromatic nitrogens is 2. The Labute approximate surface area is 185 Å². The Morgan fingerprint density at radius 2 is 1.84 bits per heavy atom. The second-order valence-corrected chi connectivity index (χ2v) is 8.19. The Morgan fingerprint density at radius 1 is 1.03 bits per heavy atom. The molecule has 3 aromatic carbocycles. The second kappa shape index (κ2) is 7.64. The van der Waals surface area contributed by atoms with Crippen LogP contribution in [0.4, 0.5) is 16.0 Å². The van der Waals surface area contributed by atoms with Crippen molar-refractivity contribution >= 4 is 28.6 Å². The summed E-state index contributed by atoms with van der Waals surface area (Å²) < 4.78 is 16.2. The summed E-state index contributed by atoms with van der Waals surface area (Å²) in [7, 11) is 0. The van der Waals surface area contributed by atoms with E-state index in [1.807, 2.05) is 73.9 Å². The van der Waals surface area contributed by atoms with Gasteiger partial charge >= 0.3 is 0 Å². The number of fused-ring (bicyclic) bond motifs is 3. The Morgan fingerprint density at radius 3 is 2.62 bits per heavy atom. The van der Waals surface area contributed by atoms with E-state index in [9.17, 15) is 9.18 Å². The van der Waals surface area contributed by atoms with Crippen LogP contribution in [-0.2, 0) is 4.79 Å². The number of carbonyl (C=O) groups is 1. The van der Waals surface area contributed by atoms with Crippen molar-refractivity contribution < 1.29 is 9.18 Å². The number of benzene rings is 3. The maximum absolute atomic E-state index is 14.2. The van der Waals surface area contributed by atoms with E-state index in [-0.39, 0.29) is 11.7 Å². The largest absolute Gasteiger partial charge is 0.329 e. The van der Waals surface area contributed by atoms with Crippen molar-refractivity contribution in [2.75, 3.05) is 10.6 Å². The number of amides is 1. The van der Waals surface area contributed by atoms with Crippen molar-refractivity contribution in [2.24, 2.45) is 0 Å². The highest BCUT2D eigenvalue weighted by molar-refractivity contribution is 6.06. The van der Waals surface area contributed by atoms with Crippen molar-refractivity contribution in [1.82, 2.24) is 9.55 Å². The summed E-state index contributed by atoms with van der Waals surface area (Å²) in [5.74, 6) is 0.0412. The average Bonchev–Trinajstić information content (AvgIpc) is 3.12. The molecule has 1 atom stereocenters. The average molecular weight is 426 g/mol. The lowest BCUT2D eigenvalue weighted by molar-refractivity contribution is -0.113. The zero-order chi connectivity index (χ0) is 22.4. The standard InChI is InChI=1S/C26H23FN4O/c1-15-11-12-20(16(2)13-15)29-25(32)23-17(3)28-26-30-21-9-4-5-10-22(21)31(26)24(23)18-7-6-8-19(27)14-18/h4-14,24H,1-3H3,(H,28,30)(H,29,32). The zero-order valence-electron chi connectivity index (χ0n) is 18.1. The Kier molecular flexibility index (Phi) is 4.78. The fraction of sp³-hybridized carbons (Fsp3) is 0.154. The minimum absolute atomic E-state index is 0.236. The lowest BCUT2D eigenvalue weighted by atomic mass is 9.94. The molecule has 1 aliphatic heterocycles. The lowest BCUT2D eigenvalue weighted by Crippen LogP contribution is -2.31. The topological polar surface area (TPSA) is 59.0 Å². The molecular weight excluding hydrogens is 403 g/mol. The van der Waals surface area contributed by atoms with Crippen LogP contribution >= 0.6 is 0 Å². The number of carbonyl (C=O) groups excluding carboxylic acids is 1. The summed E-state index contributed by atoms with van der Waals surface area (Å²) in [6.07, 6.45) is 0. The third-order valence-corrected chi connectivity index (χ3v) is 5.87. The fourth-order valence-electron chi connectivity index (χ4n) is 4.39. The molecule has 4 aromatic rings. The van der Waals surface area contributed by atoms with Gasteiger partial charge in [-0.3, -0.25) is 9.36 Å². The molecule has 0 aliphatic carbocycles. The van der Waals surface area contributed by atoms with E-state index >= 15 is 0 Å². The van der Waals surface area contributed by atoms with E-state index in [2.05, 4.69) is 10.6 Å². The van der Waals surface area contributed by atoms with Gasteiger partial charge in [-0.15, -0.1) is 0 Å². The number of anilines is 2. The molecule has 6 heteroatoms. The van der Waals surface area contributed by atoms with Crippen molar-refractivity contribution in [1.29, 1.82) is 0 Å². The number of imidazole rings is 1. The van der Waals surface area contributed by atoms with Crippen LogP contribution in [0.3, 0.4) is 0 Å². The van der Waals surface area contributed by atoms with Gasteiger partial charge in [-0.1, -0.05) is 42.0 Å². The van der Waals surface area contributed by atoms with Crippen LogP contribution in [0.1, 0.15) is 29.7 Å². The van der Waals surface area contributed by atoms with Gasteiger partial charge in [0.15, 0.2) is 0 Å². The quantitative estimate of drug-likeness (QED) is 0.441. The van der Waals surface area contributed by atoms with E-state index in [1.54, 1.807) is 6.07 Å². The Hall–Kier alpha value is -3.93. The molecule has 0 radical (unpaired) electrons. The number of para-hydroxylation sites is 2. The smallest absolute Gasteiger partial charge is 0.255 e. The van der Waals surface area contributed by atoms with Gasteiger partial charge in [-0.2, -0.15) is 0 Å². The van der Waals surface area contributed by atoms with E-state index in [0.29, 0.717) is 22.8 Å². The number of allylic oxidation sites excluding steroid dienone is 1. The van der Waals surface area contributed by atoms with Crippen LogP contribution in [0.25, 0.3) is 11.0 Å². The van der Waals surface area contributed by atoms with Gasteiger partial charge in [0.1, 0.15) is 5.82 Å². The number of halogens is 1. The molecule has 5 rings (SSSR count). The maximum Gasteiger partial charge on any atom is 0.255 e. The minimum Gasteiger partial charge on any atom is -0.329 e. The Balaban J connectivity index is 1.67. The highest BCUT2D eigenvalue weighted by Gasteiger charge is 2.34. The molecular formula is C26H23FN4O. The van der Waals surface area contributed by atoms with Crippen LogP contribution < -0.4 is 10.6 Å². The summed E-state index contributed by atoms with van der Waals surface area (Å²) in [5, 5.41) is 6.34. The predicted molar refractivity (Wildman–Crippen MR) is 125 cm³/mol. The van der Waals surface area contributed by atoms with Crippen molar-refractivity contribution in [3.63, 3.8) is 0 Å². The first-order valence-corrected chi connectivity index (χ1v) is 10.5. The molecule has 0 bridgehead atoms. The van der Waals surface area contributed by atoms with Crippen LogP contribution in [0.2, 0.25) is 0 Å². The third-order valence-electron chi connectivity index (χ3n) is 5.87. The van der Waals surface area contributed by atoms with Gasteiger partial charge < -0.3 is 10.6 Å². The summed E-state index contributed by atoms with van der Waals surface area (Å²) in [5.41, 5.74) is 6.42. The van der Waals surface area contributed by atoms with Crippen molar-refractivity contribution in [3.8, 4) is 0 Å². The molecule has 0 spiro atoms. The lowest BCUT2D eigenvalue weighted by Gasteiger charge is -2.31. The van der Waals surface area contributed by atoms with Gasteiger partial charge in [-0.25, -0.2) is 9.37 Å². The van der Waals surface area contributed by atoms with Crippen molar-refractivity contribution in [2.45, 2.75) is 26.8 Å². The van der Waals surface area contributed by atoms with E-state index < -0.39 is 6.04 Å². The molecule has 1 amide bonds. The molecule has 2 heterocycles. The van der Waals surface area contributed by atoms with Crippen LogP contribution in [0, 0.1) is 19.7 Å². The summed E-state index contributed by atoms with van der Waals surface area (Å²) >= 11 is 0. The number of hydrogen-bond donors (Lipinski definition) is 2. The highest BCUT2D eigenvalue weighted by Crippen LogP contribution is 2.39. The predicted octanol–water partition coefficient (Wildman–Crippen LogP) is 5.72. The van der Waals surface area contributed by atoms with Crippen molar-refractivity contribution in [3.05, 3.63) is 101 Å². The van der Waals surface area contributed by atoms with Gasteiger partial charge in [-0.05, 0) is 62.2 Å². The second-order valence-electron chi connectivity index (χ2n) is 8.19. The number of nitrogens with zero attached hydrogens (tertiary/aromatic N) is 2. The highest BCUT2D eigenvalue weighted by atomic mass is 19.1. The van der Waals surface area contributed by atoms with Crippen LogP contribution in [-0.4, -0.2) is 15.5 Å². The van der Waals surface area contributed by atoms with Gasteiger partial charge in [0.2, 0.25) is 5.95 Å². The summed E-state index contributed by atoms with van der Waals surface area (Å²) in [6.45, 7) is 5.84.